The Hall–Kier alpha value is -2.35. The van der Waals surface area contributed by atoms with E-state index in [1.807, 2.05) is 0 Å². The molecule has 0 aliphatic carbocycles. The van der Waals surface area contributed by atoms with Crippen molar-refractivity contribution in [1.29, 1.82) is 0 Å². The van der Waals surface area contributed by atoms with E-state index in [1.165, 1.54) is 27.8 Å². The van der Waals surface area contributed by atoms with Gasteiger partial charge in [0.15, 0.2) is 8.32 Å². The van der Waals surface area contributed by atoms with E-state index in [4.69, 9.17) is 9.16 Å². The van der Waals surface area contributed by atoms with E-state index < -0.39 is 43.8 Å². The summed E-state index contributed by atoms with van der Waals surface area (Å²) in [5.41, 5.74) is 0.548. The van der Waals surface area contributed by atoms with Crippen LogP contribution >= 0.6 is 15.9 Å². The number of hydrogen-bond donors (Lipinski definition) is 1. The zero-order valence-electron chi connectivity index (χ0n) is 20.3. The first-order valence-corrected chi connectivity index (χ1v) is 14.8. The van der Waals surface area contributed by atoms with Gasteiger partial charge in [0.1, 0.15) is 18.1 Å². The van der Waals surface area contributed by atoms with Crippen molar-refractivity contribution < 1.29 is 28.4 Å². The number of ether oxygens (including phenoxy) is 1. The van der Waals surface area contributed by atoms with Gasteiger partial charge in [0.05, 0.1) is 25.4 Å². The molecule has 1 amide bonds. The molecular formula is C22H30BrFN4O6Si. The fourth-order valence-electron chi connectivity index (χ4n) is 3.44. The van der Waals surface area contributed by atoms with E-state index in [0.717, 1.165) is 0 Å². The monoisotopic (exact) mass is 572 g/mol. The molecule has 35 heavy (non-hydrogen) atoms. The summed E-state index contributed by atoms with van der Waals surface area (Å²) in [4.78, 5) is 27.9. The Morgan fingerprint density at radius 1 is 1.43 bits per heavy atom. The van der Waals surface area contributed by atoms with Crippen LogP contribution in [0.15, 0.2) is 29.1 Å². The quantitative estimate of drug-likeness (QED) is 0.260. The van der Waals surface area contributed by atoms with Gasteiger partial charge in [-0.15, -0.1) is 0 Å². The second kappa shape index (κ2) is 10.3. The van der Waals surface area contributed by atoms with Crippen LogP contribution in [0.4, 0.5) is 20.7 Å². The number of aromatic nitrogens is 2. The number of hydrogen-bond acceptors (Lipinski definition) is 7. The summed E-state index contributed by atoms with van der Waals surface area (Å²) in [7, 11) is -2.01. The van der Waals surface area contributed by atoms with E-state index >= 15 is 4.39 Å². The summed E-state index contributed by atoms with van der Waals surface area (Å²) in [5.74, 6) is -1.66. The molecule has 0 bridgehead atoms. The molecule has 1 aliphatic heterocycles. The Bertz CT molecular complexity index is 1110. The maximum absolute atomic E-state index is 15.1. The number of cyclic esters (lactones) is 1. The lowest BCUT2D eigenvalue weighted by Gasteiger charge is -2.36. The SMILES string of the molecule is CC(C)(C)[Si](C)(C)OC[C@H]1CN(c2ccc(C(CO)Cn3cc([N+](=O)[O-])nc3Br)c(F)c2)C(=O)O1. The summed E-state index contributed by atoms with van der Waals surface area (Å²) < 4.78 is 28.3. The first-order chi connectivity index (χ1) is 16.2. The standard InChI is InChI=1S/C22H30BrFN4O6Si/c1-22(2,3)35(4,5)33-13-16-10-27(21(30)34-16)15-6-7-17(18(24)8-15)14(12-29)9-26-11-19(28(31)32)25-20(26)23/h6-8,11,14,16,29H,9-10,12-13H2,1-5H3/t14?,16-/m1/s1. The predicted octanol–water partition coefficient (Wildman–Crippen LogP) is 4.82. The summed E-state index contributed by atoms with van der Waals surface area (Å²) in [6, 6.07) is 4.31. The molecule has 2 aromatic rings. The Morgan fingerprint density at radius 2 is 2.11 bits per heavy atom. The normalized spacial score (nSPS) is 17.5. The number of imidazole rings is 1. The van der Waals surface area contributed by atoms with Gasteiger partial charge >= 0.3 is 11.9 Å². The van der Waals surface area contributed by atoms with Gasteiger partial charge in [0.2, 0.25) is 0 Å². The Kier molecular flexibility index (Phi) is 8.04. The highest BCUT2D eigenvalue weighted by Gasteiger charge is 2.40. The van der Waals surface area contributed by atoms with Gasteiger partial charge in [-0.25, -0.2) is 9.18 Å². The lowest BCUT2D eigenvalue weighted by atomic mass is 9.98. The number of nitro groups is 1. The Balaban J connectivity index is 1.71. The van der Waals surface area contributed by atoms with Crippen molar-refractivity contribution >= 4 is 41.8 Å². The van der Waals surface area contributed by atoms with Crippen molar-refractivity contribution in [3.05, 3.63) is 50.6 Å². The second-order valence-electron chi connectivity index (χ2n) is 10.1. The average molecular weight is 573 g/mol. The molecule has 0 radical (unpaired) electrons. The summed E-state index contributed by atoms with van der Waals surface area (Å²) >= 11 is 3.14. The number of nitrogens with zero attached hydrogens (tertiary/aromatic N) is 4. The fourth-order valence-corrected chi connectivity index (χ4v) is 4.90. The highest BCUT2D eigenvalue weighted by Crippen LogP contribution is 2.37. The van der Waals surface area contributed by atoms with Gasteiger partial charge in [-0.3, -0.25) is 9.47 Å². The third-order valence-electron chi connectivity index (χ3n) is 6.59. The van der Waals surface area contributed by atoms with E-state index in [-0.39, 0.29) is 40.8 Å². The van der Waals surface area contributed by atoms with Crippen LogP contribution in [-0.4, -0.2) is 59.9 Å². The molecule has 1 aliphatic rings. The van der Waals surface area contributed by atoms with Crippen molar-refractivity contribution in [3.8, 4) is 0 Å². The number of carbonyl (C=O) groups is 1. The molecular weight excluding hydrogens is 543 g/mol. The van der Waals surface area contributed by atoms with Gasteiger partial charge in [-0.1, -0.05) is 26.8 Å². The van der Waals surface area contributed by atoms with Crippen molar-refractivity contribution in [2.45, 2.75) is 57.5 Å². The third-order valence-corrected chi connectivity index (χ3v) is 11.7. The van der Waals surface area contributed by atoms with Crippen molar-refractivity contribution in [3.63, 3.8) is 0 Å². The highest BCUT2D eigenvalue weighted by atomic mass is 79.9. The minimum absolute atomic E-state index is 0.0225. The van der Waals surface area contributed by atoms with Gasteiger partial charge < -0.3 is 24.4 Å². The number of aliphatic hydroxyl groups is 1. The molecule has 1 N–H and O–H groups in total. The molecule has 192 valence electrons. The van der Waals surface area contributed by atoms with Crippen LogP contribution in [0.25, 0.3) is 0 Å². The number of rotatable bonds is 9. The van der Waals surface area contributed by atoms with Crippen LogP contribution in [0.5, 0.6) is 0 Å². The van der Waals surface area contributed by atoms with Crippen LogP contribution in [0.3, 0.4) is 0 Å². The number of halogens is 2. The smallest absolute Gasteiger partial charge is 0.414 e. The van der Waals surface area contributed by atoms with Crippen molar-refractivity contribution in [2.24, 2.45) is 0 Å². The van der Waals surface area contributed by atoms with E-state index in [9.17, 15) is 20.0 Å². The van der Waals surface area contributed by atoms with Crippen LogP contribution in [0.1, 0.15) is 32.3 Å². The van der Waals surface area contributed by atoms with Crippen LogP contribution in [-0.2, 0) is 15.7 Å². The first kappa shape index (κ1) is 27.2. The largest absolute Gasteiger partial charge is 0.442 e. The minimum atomic E-state index is -2.01. The number of carbonyl (C=O) groups excluding carboxylic acids is 1. The van der Waals surface area contributed by atoms with Gasteiger partial charge in [-0.05, 0) is 45.7 Å². The molecule has 1 unspecified atom stereocenters. The second-order valence-corrected chi connectivity index (χ2v) is 15.6. The molecule has 2 atom stereocenters. The number of benzene rings is 1. The Morgan fingerprint density at radius 3 is 2.66 bits per heavy atom. The third kappa shape index (κ3) is 6.08. The van der Waals surface area contributed by atoms with Gasteiger partial charge in [0, 0.05) is 28.4 Å². The summed E-state index contributed by atoms with van der Waals surface area (Å²) in [6.07, 6.45) is 0.180. The molecule has 10 nitrogen and oxygen atoms in total. The molecule has 1 fully saturated rings. The predicted molar refractivity (Wildman–Crippen MR) is 134 cm³/mol. The molecule has 2 heterocycles. The van der Waals surface area contributed by atoms with Crippen LogP contribution in [0.2, 0.25) is 18.1 Å². The topological polar surface area (TPSA) is 120 Å². The summed E-state index contributed by atoms with van der Waals surface area (Å²) in [6.45, 7) is 10.8. The lowest BCUT2D eigenvalue weighted by Crippen LogP contribution is -2.43. The molecule has 1 saturated heterocycles. The van der Waals surface area contributed by atoms with Crippen molar-refractivity contribution in [1.82, 2.24) is 9.55 Å². The molecule has 0 saturated carbocycles. The van der Waals surface area contributed by atoms with Gasteiger partial charge in [-0.2, -0.15) is 0 Å². The number of aliphatic hydroxyl groups excluding tert-OH is 1. The molecule has 1 aromatic carbocycles. The molecule has 3 rings (SSSR count). The average Bonchev–Trinajstić information content (AvgIpc) is 3.32. The van der Waals surface area contributed by atoms with E-state index in [0.29, 0.717) is 5.69 Å². The Labute approximate surface area is 212 Å². The minimum Gasteiger partial charge on any atom is -0.442 e. The van der Waals surface area contributed by atoms with Gasteiger partial charge in [0.25, 0.3) is 4.73 Å². The first-order valence-electron chi connectivity index (χ1n) is 11.1. The van der Waals surface area contributed by atoms with Crippen LogP contribution < -0.4 is 4.90 Å². The van der Waals surface area contributed by atoms with Crippen LogP contribution in [0, 0.1) is 15.9 Å². The lowest BCUT2D eigenvalue weighted by molar-refractivity contribution is -0.389. The van der Waals surface area contributed by atoms with Crippen molar-refractivity contribution in [2.75, 3.05) is 24.7 Å². The highest BCUT2D eigenvalue weighted by molar-refractivity contribution is 9.10. The maximum atomic E-state index is 15.1. The fraction of sp³-hybridized carbons (Fsp3) is 0.545. The summed E-state index contributed by atoms with van der Waals surface area (Å²) in [5, 5.41) is 20.8. The number of anilines is 1. The van der Waals surface area contributed by atoms with E-state index in [2.05, 4.69) is 54.8 Å². The maximum Gasteiger partial charge on any atom is 0.414 e. The zero-order chi connectivity index (χ0) is 26.1. The zero-order valence-corrected chi connectivity index (χ0v) is 22.9. The molecule has 13 heteroatoms. The number of amides is 1. The molecule has 0 spiro atoms. The molecule has 1 aromatic heterocycles. The van der Waals surface area contributed by atoms with E-state index in [1.54, 1.807) is 6.07 Å².